The SMILES string of the molecule is Cc1cnc(-n2nccc(C(C)(C)O)c2=O)cc1-n1c(C)cc(OCc2ncc(F)cc2F)c(Cl)c1=O. The smallest absolute Gasteiger partial charge is 0.279 e. The predicted molar refractivity (Wildman–Crippen MR) is 131 cm³/mol. The number of nitrogens with zero attached hydrogens (tertiary/aromatic N) is 5. The number of aliphatic hydroxyl groups is 1. The van der Waals surface area contributed by atoms with Crippen LogP contribution >= 0.6 is 11.6 Å². The van der Waals surface area contributed by atoms with E-state index in [0.717, 1.165) is 10.9 Å². The summed E-state index contributed by atoms with van der Waals surface area (Å²) in [6.45, 7) is 5.95. The van der Waals surface area contributed by atoms with Gasteiger partial charge >= 0.3 is 0 Å². The molecule has 0 amide bonds. The molecule has 4 aromatic rings. The summed E-state index contributed by atoms with van der Waals surface area (Å²) in [5.74, 6) is -1.60. The number of aryl methyl sites for hydroxylation is 2. The van der Waals surface area contributed by atoms with Gasteiger partial charge in [0, 0.05) is 36.3 Å². The Morgan fingerprint density at radius 1 is 1.08 bits per heavy atom. The van der Waals surface area contributed by atoms with E-state index in [4.69, 9.17) is 16.3 Å². The van der Waals surface area contributed by atoms with Crippen molar-refractivity contribution in [2.24, 2.45) is 0 Å². The van der Waals surface area contributed by atoms with Crippen LogP contribution in [0.2, 0.25) is 5.02 Å². The van der Waals surface area contributed by atoms with Gasteiger partial charge in [-0.1, -0.05) is 11.6 Å². The van der Waals surface area contributed by atoms with Crippen LogP contribution in [0.5, 0.6) is 5.75 Å². The summed E-state index contributed by atoms with van der Waals surface area (Å²) in [6.07, 6.45) is 3.70. The number of aromatic nitrogens is 5. The average molecular weight is 530 g/mol. The highest BCUT2D eigenvalue weighted by atomic mass is 35.5. The molecule has 4 heterocycles. The molecule has 0 aliphatic rings. The second kappa shape index (κ2) is 9.83. The first-order chi connectivity index (χ1) is 17.4. The molecule has 12 heteroatoms. The van der Waals surface area contributed by atoms with Crippen molar-refractivity contribution in [1.82, 2.24) is 24.3 Å². The maximum Gasteiger partial charge on any atom is 0.279 e. The van der Waals surface area contributed by atoms with Gasteiger partial charge in [0.2, 0.25) is 0 Å². The Morgan fingerprint density at radius 2 is 1.81 bits per heavy atom. The van der Waals surface area contributed by atoms with Gasteiger partial charge in [-0.3, -0.25) is 19.1 Å². The fraction of sp³-hybridized carbons (Fsp3) is 0.240. The van der Waals surface area contributed by atoms with Gasteiger partial charge in [-0.25, -0.2) is 13.8 Å². The van der Waals surface area contributed by atoms with Crippen LogP contribution in [0.3, 0.4) is 0 Å². The zero-order valence-electron chi connectivity index (χ0n) is 20.3. The molecule has 9 nitrogen and oxygen atoms in total. The minimum absolute atomic E-state index is 0.00589. The molecule has 4 aromatic heterocycles. The summed E-state index contributed by atoms with van der Waals surface area (Å²) < 4.78 is 34.9. The van der Waals surface area contributed by atoms with E-state index >= 15 is 0 Å². The molecular formula is C25H22ClF2N5O4. The molecule has 37 heavy (non-hydrogen) atoms. The lowest BCUT2D eigenvalue weighted by Gasteiger charge is -2.18. The van der Waals surface area contributed by atoms with Crippen LogP contribution in [0, 0.1) is 25.5 Å². The third-order valence-corrected chi connectivity index (χ3v) is 5.92. The van der Waals surface area contributed by atoms with Crippen LogP contribution in [-0.2, 0) is 12.2 Å². The Morgan fingerprint density at radius 3 is 2.49 bits per heavy atom. The van der Waals surface area contributed by atoms with E-state index in [1.54, 1.807) is 13.8 Å². The quantitative estimate of drug-likeness (QED) is 0.406. The molecule has 0 aromatic carbocycles. The first kappa shape index (κ1) is 26.1. The summed E-state index contributed by atoms with van der Waals surface area (Å²) in [5, 5.41) is 14.1. The highest BCUT2D eigenvalue weighted by molar-refractivity contribution is 6.31. The van der Waals surface area contributed by atoms with Crippen molar-refractivity contribution in [3.8, 4) is 17.3 Å². The van der Waals surface area contributed by atoms with Crippen molar-refractivity contribution in [1.29, 1.82) is 0 Å². The molecule has 0 bridgehead atoms. The molecule has 0 saturated carbocycles. The minimum Gasteiger partial charge on any atom is -0.485 e. The van der Waals surface area contributed by atoms with Crippen molar-refractivity contribution in [2.45, 2.75) is 39.9 Å². The first-order valence-corrected chi connectivity index (χ1v) is 11.4. The molecule has 0 radical (unpaired) electrons. The minimum atomic E-state index is -1.40. The number of ether oxygens (including phenoxy) is 1. The highest BCUT2D eigenvalue weighted by Crippen LogP contribution is 2.26. The third-order valence-electron chi connectivity index (χ3n) is 5.57. The van der Waals surface area contributed by atoms with Gasteiger partial charge in [-0.15, -0.1) is 0 Å². The van der Waals surface area contributed by atoms with Crippen LogP contribution in [0.15, 0.2) is 52.4 Å². The monoisotopic (exact) mass is 529 g/mol. The lowest BCUT2D eigenvalue weighted by atomic mass is 10.0. The maximum atomic E-state index is 13.9. The highest BCUT2D eigenvalue weighted by Gasteiger charge is 2.23. The zero-order valence-corrected chi connectivity index (χ0v) is 21.0. The summed E-state index contributed by atoms with van der Waals surface area (Å²) >= 11 is 6.31. The summed E-state index contributed by atoms with van der Waals surface area (Å²) in [5.41, 5.74) is -1.23. The normalized spacial score (nSPS) is 11.6. The van der Waals surface area contributed by atoms with Crippen LogP contribution in [0.25, 0.3) is 11.5 Å². The lowest BCUT2D eigenvalue weighted by Crippen LogP contribution is -2.32. The van der Waals surface area contributed by atoms with Gasteiger partial charge in [0.1, 0.15) is 28.9 Å². The largest absolute Gasteiger partial charge is 0.485 e. The molecular weight excluding hydrogens is 508 g/mol. The molecule has 4 rings (SSSR count). The second-order valence-electron chi connectivity index (χ2n) is 8.83. The number of rotatable bonds is 6. The summed E-state index contributed by atoms with van der Waals surface area (Å²) in [7, 11) is 0. The number of pyridine rings is 3. The molecule has 0 saturated heterocycles. The van der Waals surface area contributed by atoms with Crippen LogP contribution in [0.4, 0.5) is 8.78 Å². The predicted octanol–water partition coefficient (Wildman–Crippen LogP) is 3.53. The fourth-order valence-electron chi connectivity index (χ4n) is 3.68. The number of halogens is 3. The van der Waals surface area contributed by atoms with Crippen LogP contribution < -0.4 is 15.9 Å². The van der Waals surface area contributed by atoms with E-state index < -0.39 is 28.4 Å². The van der Waals surface area contributed by atoms with Crippen LogP contribution in [0.1, 0.15) is 36.4 Å². The Labute approximate surface area is 214 Å². The maximum absolute atomic E-state index is 13.9. The van der Waals surface area contributed by atoms with E-state index in [1.807, 2.05) is 0 Å². The Bertz CT molecular complexity index is 1630. The Kier molecular flexibility index (Phi) is 6.94. The Balaban J connectivity index is 1.76. The van der Waals surface area contributed by atoms with Gasteiger partial charge < -0.3 is 9.84 Å². The van der Waals surface area contributed by atoms with Crippen LogP contribution in [-0.4, -0.2) is 29.4 Å². The van der Waals surface area contributed by atoms with E-state index in [9.17, 15) is 23.5 Å². The van der Waals surface area contributed by atoms with Gasteiger partial charge in [0.25, 0.3) is 11.1 Å². The van der Waals surface area contributed by atoms with Crippen molar-refractivity contribution >= 4 is 11.6 Å². The molecule has 0 spiro atoms. The van der Waals surface area contributed by atoms with Gasteiger partial charge in [0.05, 0.1) is 23.0 Å². The van der Waals surface area contributed by atoms with Crippen molar-refractivity contribution < 1.29 is 18.6 Å². The molecule has 1 N–H and O–H groups in total. The molecule has 0 aliphatic carbocycles. The third kappa shape index (κ3) is 5.13. The van der Waals surface area contributed by atoms with Gasteiger partial charge in [-0.2, -0.15) is 9.78 Å². The standard InChI is InChI=1S/C25H22ClF2N5O4/c1-13-10-30-21(33-23(34)16(5-6-31-33)25(3,4)36)9-19(13)32-14(2)7-20(22(26)24(32)35)37-12-18-17(28)8-15(27)11-29-18/h5-11,36H,12H2,1-4H3. The van der Waals surface area contributed by atoms with Crippen molar-refractivity contribution in [2.75, 3.05) is 0 Å². The fourth-order valence-corrected chi connectivity index (χ4v) is 3.87. The molecule has 0 aliphatic heterocycles. The Hall–Kier alpha value is -3.96. The summed E-state index contributed by atoms with van der Waals surface area (Å²) in [6, 6.07) is 5.09. The first-order valence-electron chi connectivity index (χ1n) is 11.0. The van der Waals surface area contributed by atoms with E-state index in [0.29, 0.717) is 23.0 Å². The average Bonchev–Trinajstić information content (AvgIpc) is 2.82. The van der Waals surface area contributed by atoms with Crippen molar-refractivity contribution in [3.05, 3.63) is 103 Å². The van der Waals surface area contributed by atoms with E-state index in [-0.39, 0.29) is 34.5 Å². The molecule has 192 valence electrons. The van der Waals surface area contributed by atoms with Gasteiger partial charge in [0.15, 0.2) is 11.6 Å². The summed E-state index contributed by atoms with van der Waals surface area (Å²) in [4.78, 5) is 34.1. The lowest BCUT2D eigenvalue weighted by molar-refractivity contribution is 0.0764. The second-order valence-corrected chi connectivity index (χ2v) is 9.20. The van der Waals surface area contributed by atoms with Gasteiger partial charge in [-0.05, 0) is 39.3 Å². The molecule has 0 fully saturated rings. The zero-order chi connectivity index (χ0) is 27.1. The molecule has 0 unspecified atom stereocenters. The number of hydrogen-bond acceptors (Lipinski definition) is 7. The number of hydrogen-bond donors (Lipinski definition) is 1. The van der Waals surface area contributed by atoms with E-state index in [1.165, 1.54) is 49.0 Å². The van der Waals surface area contributed by atoms with Crippen molar-refractivity contribution in [3.63, 3.8) is 0 Å². The molecule has 0 atom stereocenters. The van der Waals surface area contributed by atoms with E-state index in [2.05, 4.69) is 15.1 Å². The topological polar surface area (TPSA) is 112 Å².